The van der Waals surface area contributed by atoms with Gasteiger partial charge in [0.1, 0.15) is 19.1 Å². The van der Waals surface area contributed by atoms with Crippen LogP contribution in [0.3, 0.4) is 0 Å². The van der Waals surface area contributed by atoms with Crippen molar-refractivity contribution >= 4 is 29.0 Å². The predicted octanol–water partition coefficient (Wildman–Crippen LogP) is 4.16. The zero-order chi connectivity index (χ0) is 25.2. The summed E-state index contributed by atoms with van der Waals surface area (Å²) in [7, 11) is 5.37. The van der Waals surface area contributed by atoms with Crippen LogP contribution in [0.25, 0.3) is 0 Å². The van der Waals surface area contributed by atoms with Crippen LogP contribution in [0.15, 0.2) is 65.7 Å². The van der Waals surface area contributed by atoms with Crippen molar-refractivity contribution in [2.24, 2.45) is 4.99 Å². The molecule has 1 unspecified atom stereocenters. The van der Waals surface area contributed by atoms with Gasteiger partial charge in [0.05, 0.1) is 24.1 Å². The van der Waals surface area contributed by atoms with Gasteiger partial charge in [-0.05, 0) is 67.7 Å². The van der Waals surface area contributed by atoms with Crippen molar-refractivity contribution in [3.63, 3.8) is 0 Å². The molecule has 8 heteroatoms. The number of benzene rings is 3. The molecule has 5 rings (SSSR count). The number of fused-ring (bicyclic) bond motifs is 2. The first-order chi connectivity index (χ1) is 17.4. The molecule has 1 amide bonds. The molecular formula is C28H27N3O5. The minimum atomic E-state index is -0.671. The number of carbonyl (C=O) groups excluding carboxylic acids is 2. The standard InChI is InChI=1S/C28H27N3O5/c1-31(2)16-17-4-8-20(9-5-17)29-26(18-7-11-23-24(15-18)36-13-12-35-23)25-21-10-6-19(28(33)34-3)14-22(21)30-27(25)32/h4-11,14-15,25H,12-13,16H2,1-3H3,(H,30,32). The van der Waals surface area contributed by atoms with Crippen molar-refractivity contribution in [3.8, 4) is 11.5 Å². The molecule has 0 saturated carbocycles. The molecule has 2 aliphatic heterocycles. The Bertz CT molecular complexity index is 1350. The maximum Gasteiger partial charge on any atom is 0.337 e. The summed E-state index contributed by atoms with van der Waals surface area (Å²) < 4.78 is 16.3. The van der Waals surface area contributed by atoms with Crippen molar-refractivity contribution in [1.82, 2.24) is 4.90 Å². The Morgan fingerprint density at radius 1 is 1.00 bits per heavy atom. The van der Waals surface area contributed by atoms with Crippen molar-refractivity contribution in [3.05, 3.63) is 82.9 Å². The molecule has 8 nitrogen and oxygen atoms in total. The number of hydrogen-bond acceptors (Lipinski definition) is 7. The van der Waals surface area contributed by atoms with E-state index in [0.29, 0.717) is 41.7 Å². The first-order valence-corrected chi connectivity index (χ1v) is 11.7. The van der Waals surface area contributed by atoms with E-state index in [1.54, 1.807) is 18.2 Å². The van der Waals surface area contributed by atoms with Gasteiger partial charge in [0.2, 0.25) is 5.91 Å². The topological polar surface area (TPSA) is 89.5 Å². The minimum Gasteiger partial charge on any atom is -0.486 e. The van der Waals surface area contributed by atoms with Crippen molar-refractivity contribution in [2.75, 3.05) is 39.7 Å². The average molecular weight is 486 g/mol. The highest BCUT2D eigenvalue weighted by Gasteiger charge is 2.36. The van der Waals surface area contributed by atoms with E-state index in [-0.39, 0.29) is 5.91 Å². The van der Waals surface area contributed by atoms with Crippen LogP contribution in [0.1, 0.15) is 33.0 Å². The van der Waals surface area contributed by atoms with Gasteiger partial charge in [0.15, 0.2) is 11.5 Å². The van der Waals surface area contributed by atoms with Gasteiger partial charge in [0.25, 0.3) is 0 Å². The van der Waals surface area contributed by atoms with Crippen molar-refractivity contribution < 1.29 is 23.8 Å². The van der Waals surface area contributed by atoms with E-state index in [2.05, 4.69) is 10.2 Å². The van der Waals surface area contributed by atoms with Crippen LogP contribution >= 0.6 is 0 Å². The van der Waals surface area contributed by atoms with E-state index in [1.807, 2.05) is 56.6 Å². The third kappa shape index (κ3) is 4.67. The van der Waals surface area contributed by atoms with Crippen LogP contribution in [0.4, 0.5) is 11.4 Å². The maximum absolute atomic E-state index is 13.3. The lowest BCUT2D eigenvalue weighted by atomic mass is 9.90. The lowest BCUT2D eigenvalue weighted by Crippen LogP contribution is -2.22. The van der Waals surface area contributed by atoms with Gasteiger partial charge in [0, 0.05) is 17.8 Å². The third-order valence-corrected chi connectivity index (χ3v) is 6.10. The zero-order valence-electron chi connectivity index (χ0n) is 20.4. The molecule has 0 fully saturated rings. The number of rotatable bonds is 6. The van der Waals surface area contributed by atoms with Crippen LogP contribution in [0.2, 0.25) is 0 Å². The summed E-state index contributed by atoms with van der Waals surface area (Å²) in [5, 5.41) is 2.91. The summed E-state index contributed by atoms with van der Waals surface area (Å²) in [6.45, 7) is 1.77. The molecule has 1 N–H and O–H groups in total. The maximum atomic E-state index is 13.3. The molecule has 0 aromatic heterocycles. The minimum absolute atomic E-state index is 0.218. The summed E-state index contributed by atoms with van der Waals surface area (Å²) in [4.78, 5) is 32.4. The van der Waals surface area contributed by atoms with Gasteiger partial charge in [-0.1, -0.05) is 18.2 Å². The summed E-state index contributed by atoms with van der Waals surface area (Å²) in [5.41, 5.74) is 4.90. The number of aliphatic imine (C=N–C) groups is 1. The first-order valence-electron chi connectivity index (χ1n) is 11.7. The normalized spacial score (nSPS) is 16.5. The number of methoxy groups -OCH3 is 1. The van der Waals surface area contributed by atoms with E-state index in [9.17, 15) is 9.59 Å². The molecule has 2 heterocycles. The summed E-state index contributed by atoms with van der Waals surface area (Å²) in [6, 6.07) is 18.6. The number of amides is 1. The second kappa shape index (κ2) is 9.83. The summed E-state index contributed by atoms with van der Waals surface area (Å²) in [5.74, 6) is -0.0709. The fraction of sp³-hybridized carbons (Fsp3) is 0.250. The third-order valence-electron chi connectivity index (χ3n) is 6.10. The Morgan fingerprint density at radius 3 is 2.44 bits per heavy atom. The fourth-order valence-corrected chi connectivity index (χ4v) is 4.46. The predicted molar refractivity (Wildman–Crippen MR) is 137 cm³/mol. The van der Waals surface area contributed by atoms with E-state index in [4.69, 9.17) is 19.2 Å². The fourth-order valence-electron chi connectivity index (χ4n) is 4.46. The molecule has 1 atom stereocenters. The average Bonchev–Trinajstić information content (AvgIpc) is 3.21. The Balaban J connectivity index is 1.59. The lowest BCUT2D eigenvalue weighted by molar-refractivity contribution is -0.115. The lowest BCUT2D eigenvalue weighted by Gasteiger charge is -2.20. The van der Waals surface area contributed by atoms with Gasteiger partial charge in [-0.3, -0.25) is 9.79 Å². The quantitative estimate of drug-likeness (QED) is 0.417. The zero-order valence-corrected chi connectivity index (χ0v) is 20.4. The number of anilines is 1. The molecule has 0 saturated heterocycles. The molecule has 0 bridgehead atoms. The molecule has 36 heavy (non-hydrogen) atoms. The van der Waals surface area contributed by atoms with E-state index < -0.39 is 11.9 Å². The molecule has 0 aliphatic carbocycles. The van der Waals surface area contributed by atoms with Crippen LogP contribution in [0, 0.1) is 0 Å². The number of hydrogen-bond donors (Lipinski definition) is 1. The largest absolute Gasteiger partial charge is 0.486 e. The van der Waals surface area contributed by atoms with Crippen LogP contribution < -0.4 is 14.8 Å². The Kier molecular flexibility index (Phi) is 6.43. The van der Waals surface area contributed by atoms with Gasteiger partial charge < -0.3 is 24.4 Å². The SMILES string of the molecule is COC(=O)c1ccc2c(c1)NC(=O)C2C(=Nc1ccc(CN(C)C)cc1)c1ccc2c(c1)OCCO2. The number of nitrogens with zero attached hydrogens (tertiary/aromatic N) is 2. The number of esters is 1. The van der Waals surface area contributed by atoms with E-state index >= 15 is 0 Å². The van der Waals surface area contributed by atoms with Gasteiger partial charge >= 0.3 is 5.97 Å². The Labute approximate surface area is 209 Å². The number of nitrogens with one attached hydrogen (secondary N) is 1. The Hall–Kier alpha value is -4.17. The van der Waals surface area contributed by atoms with Gasteiger partial charge in [-0.2, -0.15) is 0 Å². The molecular weight excluding hydrogens is 458 g/mol. The highest BCUT2D eigenvalue weighted by Crippen LogP contribution is 2.39. The van der Waals surface area contributed by atoms with E-state index in [0.717, 1.165) is 23.4 Å². The summed E-state index contributed by atoms with van der Waals surface area (Å²) >= 11 is 0. The van der Waals surface area contributed by atoms with Crippen molar-refractivity contribution in [1.29, 1.82) is 0 Å². The van der Waals surface area contributed by atoms with Crippen LogP contribution in [-0.2, 0) is 16.1 Å². The highest BCUT2D eigenvalue weighted by molar-refractivity contribution is 6.24. The molecule has 3 aromatic rings. The van der Waals surface area contributed by atoms with Crippen LogP contribution in [0.5, 0.6) is 11.5 Å². The van der Waals surface area contributed by atoms with Gasteiger partial charge in [-0.25, -0.2) is 4.79 Å². The van der Waals surface area contributed by atoms with E-state index in [1.165, 1.54) is 12.7 Å². The highest BCUT2D eigenvalue weighted by atomic mass is 16.6. The molecule has 2 aliphatic rings. The van der Waals surface area contributed by atoms with Crippen molar-refractivity contribution in [2.45, 2.75) is 12.5 Å². The number of carbonyl (C=O) groups is 2. The second-order valence-electron chi connectivity index (χ2n) is 8.98. The smallest absolute Gasteiger partial charge is 0.337 e. The summed E-state index contributed by atoms with van der Waals surface area (Å²) in [6.07, 6.45) is 0. The van der Waals surface area contributed by atoms with Gasteiger partial charge in [-0.15, -0.1) is 0 Å². The first kappa shape index (κ1) is 23.6. The molecule has 184 valence electrons. The monoisotopic (exact) mass is 485 g/mol. The molecule has 3 aromatic carbocycles. The Morgan fingerprint density at radius 2 is 1.72 bits per heavy atom. The molecule has 0 spiro atoms. The van der Waals surface area contributed by atoms with Crippen LogP contribution in [-0.4, -0.2) is 56.9 Å². The molecule has 0 radical (unpaired) electrons. The number of ether oxygens (including phenoxy) is 3. The second-order valence-corrected chi connectivity index (χ2v) is 8.98.